The first-order valence-electron chi connectivity index (χ1n) is 9.45. The van der Waals surface area contributed by atoms with Gasteiger partial charge in [0.25, 0.3) is 0 Å². The summed E-state index contributed by atoms with van der Waals surface area (Å²) in [6, 6.07) is 2.13. The van der Waals surface area contributed by atoms with Gasteiger partial charge < -0.3 is 15.2 Å². The van der Waals surface area contributed by atoms with E-state index in [2.05, 4.69) is 20.8 Å². The van der Waals surface area contributed by atoms with Crippen molar-refractivity contribution in [1.82, 2.24) is 20.1 Å². The molecule has 10 heteroatoms. The largest absolute Gasteiger partial charge is 0.359 e. The summed E-state index contributed by atoms with van der Waals surface area (Å²) >= 11 is 0. The predicted octanol–water partition coefficient (Wildman–Crippen LogP) is 2.11. The fraction of sp³-hybridized carbons (Fsp3) is 0.765. The number of sulfonamides is 1. The Labute approximate surface area is 179 Å². The lowest BCUT2D eigenvalue weighted by atomic mass is 10.1. The van der Waals surface area contributed by atoms with Crippen LogP contribution in [0.3, 0.4) is 0 Å². The number of nitrogens with zero attached hydrogens (tertiary/aromatic N) is 3. The van der Waals surface area contributed by atoms with E-state index in [4.69, 9.17) is 4.52 Å². The smallest absolute Gasteiger partial charge is 0.214 e. The number of guanidine groups is 1. The van der Waals surface area contributed by atoms with Gasteiger partial charge in [0.15, 0.2) is 11.7 Å². The van der Waals surface area contributed by atoms with E-state index in [0.29, 0.717) is 26.1 Å². The van der Waals surface area contributed by atoms with Crippen molar-refractivity contribution in [2.75, 3.05) is 25.4 Å². The molecular weight excluding hydrogens is 481 g/mol. The van der Waals surface area contributed by atoms with Crippen molar-refractivity contribution in [2.24, 2.45) is 4.99 Å². The fourth-order valence-corrected chi connectivity index (χ4v) is 4.47. The number of aromatic nitrogens is 1. The van der Waals surface area contributed by atoms with Crippen LogP contribution in [-0.4, -0.2) is 55.3 Å². The number of aliphatic imine (C=N–C) groups is 1. The van der Waals surface area contributed by atoms with Crippen LogP contribution < -0.4 is 10.6 Å². The van der Waals surface area contributed by atoms with Gasteiger partial charge in [-0.1, -0.05) is 19.0 Å². The summed E-state index contributed by atoms with van der Waals surface area (Å²) in [5.74, 6) is 1.68. The van der Waals surface area contributed by atoms with Crippen LogP contribution >= 0.6 is 24.0 Å². The highest BCUT2D eigenvalue weighted by molar-refractivity contribution is 14.0. The maximum atomic E-state index is 12.2. The van der Waals surface area contributed by atoms with E-state index in [1.165, 1.54) is 0 Å². The van der Waals surface area contributed by atoms with Gasteiger partial charge in [-0.3, -0.25) is 0 Å². The Morgan fingerprint density at radius 1 is 1.33 bits per heavy atom. The Morgan fingerprint density at radius 3 is 2.59 bits per heavy atom. The van der Waals surface area contributed by atoms with Crippen LogP contribution in [0.1, 0.15) is 51.5 Å². The van der Waals surface area contributed by atoms with Crippen molar-refractivity contribution in [3.63, 3.8) is 0 Å². The summed E-state index contributed by atoms with van der Waals surface area (Å²) in [7, 11) is -3.10. The van der Waals surface area contributed by atoms with E-state index >= 15 is 0 Å². The molecule has 156 valence electrons. The number of rotatable bonds is 8. The molecule has 0 spiro atoms. The van der Waals surface area contributed by atoms with Crippen LogP contribution in [0.25, 0.3) is 0 Å². The monoisotopic (exact) mass is 513 g/mol. The third-order valence-corrected chi connectivity index (χ3v) is 6.43. The molecule has 1 aromatic heterocycles. The van der Waals surface area contributed by atoms with Gasteiger partial charge in [-0.25, -0.2) is 17.7 Å². The topological polar surface area (TPSA) is 99.8 Å². The van der Waals surface area contributed by atoms with Crippen LogP contribution in [0.15, 0.2) is 15.6 Å². The SMILES string of the molecule is CCCS(=O)(=O)N1CCC(NC(=NCc2cc(CC)no2)NCC)CC1.I. The van der Waals surface area contributed by atoms with Crippen LogP contribution in [0, 0.1) is 0 Å². The Balaban J connectivity index is 0.00000364. The molecule has 0 bridgehead atoms. The average molecular weight is 513 g/mol. The van der Waals surface area contributed by atoms with E-state index in [1.54, 1.807) is 4.31 Å². The fourth-order valence-electron chi connectivity index (χ4n) is 2.93. The molecule has 27 heavy (non-hydrogen) atoms. The zero-order chi connectivity index (χ0) is 19.0. The lowest BCUT2D eigenvalue weighted by molar-refractivity contribution is 0.306. The molecule has 0 saturated carbocycles. The van der Waals surface area contributed by atoms with Crippen molar-refractivity contribution >= 4 is 40.0 Å². The summed E-state index contributed by atoms with van der Waals surface area (Å²) in [6.45, 7) is 8.23. The maximum absolute atomic E-state index is 12.2. The lowest BCUT2D eigenvalue weighted by Crippen LogP contribution is -2.50. The second kappa shape index (κ2) is 11.8. The third kappa shape index (κ3) is 7.57. The standard InChI is InChI=1S/C17H31N5O3S.HI/c1-4-11-26(23,24)22-9-7-15(8-10-22)20-17(18-6-3)19-13-16-12-14(5-2)21-25-16;/h12,15H,4-11,13H2,1-3H3,(H2,18,19,20);1H. The zero-order valence-corrected chi connectivity index (χ0v) is 19.5. The molecule has 0 amide bonds. The summed E-state index contributed by atoms with van der Waals surface area (Å²) in [4.78, 5) is 4.55. The highest BCUT2D eigenvalue weighted by Gasteiger charge is 2.27. The highest BCUT2D eigenvalue weighted by atomic mass is 127. The molecule has 0 unspecified atom stereocenters. The van der Waals surface area contributed by atoms with Gasteiger partial charge in [-0.2, -0.15) is 0 Å². The van der Waals surface area contributed by atoms with E-state index < -0.39 is 10.0 Å². The number of nitrogens with one attached hydrogen (secondary N) is 2. The first-order chi connectivity index (χ1) is 12.5. The first-order valence-corrected chi connectivity index (χ1v) is 11.1. The Kier molecular flexibility index (Phi) is 10.6. The molecule has 1 aromatic rings. The van der Waals surface area contributed by atoms with Crippen LogP contribution in [0.4, 0.5) is 0 Å². The molecule has 1 saturated heterocycles. The Bertz CT molecular complexity index is 684. The molecule has 1 fully saturated rings. The number of halogens is 1. The second-order valence-electron chi connectivity index (χ2n) is 6.47. The Hall–Kier alpha value is -0.880. The van der Waals surface area contributed by atoms with E-state index in [1.807, 2.05) is 26.8 Å². The van der Waals surface area contributed by atoms with Crippen molar-refractivity contribution in [3.05, 3.63) is 17.5 Å². The van der Waals surface area contributed by atoms with Crippen LogP contribution in [0.5, 0.6) is 0 Å². The van der Waals surface area contributed by atoms with E-state index in [-0.39, 0.29) is 35.8 Å². The zero-order valence-electron chi connectivity index (χ0n) is 16.4. The van der Waals surface area contributed by atoms with Gasteiger partial charge in [-0.15, -0.1) is 24.0 Å². The van der Waals surface area contributed by atoms with E-state index in [9.17, 15) is 8.42 Å². The van der Waals surface area contributed by atoms with Crippen molar-refractivity contribution < 1.29 is 12.9 Å². The van der Waals surface area contributed by atoms with Crippen molar-refractivity contribution in [1.29, 1.82) is 0 Å². The molecule has 1 aliphatic rings. The minimum absolute atomic E-state index is 0. The molecule has 2 heterocycles. The number of hydrogen-bond donors (Lipinski definition) is 2. The maximum Gasteiger partial charge on any atom is 0.214 e. The number of hydrogen-bond acceptors (Lipinski definition) is 5. The van der Waals surface area contributed by atoms with Crippen LogP contribution in [0.2, 0.25) is 0 Å². The molecular formula is C17H32IN5O3S. The molecule has 0 aromatic carbocycles. The number of piperidine rings is 1. The minimum atomic E-state index is -3.10. The first kappa shape index (κ1) is 24.2. The molecule has 0 radical (unpaired) electrons. The van der Waals surface area contributed by atoms with Gasteiger partial charge in [0.2, 0.25) is 10.0 Å². The van der Waals surface area contributed by atoms with Gasteiger partial charge in [-0.05, 0) is 32.6 Å². The van der Waals surface area contributed by atoms with Crippen molar-refractivity contribution in [3.8, 4) is 0 Å². The van der Waals surface area contributed by atoms with E-state index in [0.717, 1.165) is 43.2 Å². The summed E-state index contributed by atoms with van der Waals surface area (Å²) in [6.07, 6.45) is 3.04. The van der Waals surface area contributed by atoms with Crippen molar-refractivity contribution in [2.45, 2.75) is 59.0 Å². The van der Waals surface area contributed by atoms with Gasteiger partial charge >= 0.3 is 0 Å². The summed E-state index contributed by atoms with van der Waals surface area (Å²) in [5, 5.41) is 10.6. The molecule has 0 atom stereocenters. The Morgan fingerprint density at radius 2 is 2.04 bits per heavy atom. The quantitative estimate of drug-likeness (QED) is 0.314. The predicted molar refractivity (Wildman–Crippen MR) is 118 cm³/mol. The summed E-state index contributed by atoms with van der Waals surface area (Å²) < 4.78 is 31.2. The highest BCUT2D eigenvalue weighted by Crippen LogP contribution is 2.15. The van der Waals surface area contributed by atoms with Gasteiger partial charge in [0, 0.05) is 31.7 Å². The lowest BCUT2D eigenvalue weighted by Gasteiger charge is -2.32. The average Bonchev–Trinajstić information content (AvgIpc) is 3.08. The molecule has 2 N–H and O–H groups in total. The molecule has 1 aliphatic heterocycles. The summed E-state index contributed by atoms with van der Waals surface area (Å²) in [5.41, 5.74) is 0.925. The normalized spacial score (nSPS) is 16.8. The van der Waals surface area contributed by atoms with Crippen LogP contribution in [-0.2, 0) is 23.0 Å². The number of aryl methyl sites for hydroxylation is 1. The molecule has 0 aliphatic carbocycles. The molecule has 2 rings (SSSR count). The minimum Gasteiger partial charge on any atom is -0.359 e. The van der Waals surface area contributed by atoms with Gasteiger partial charge in [0.05, 0.1) is 11.4 Å². The second-order valence-corrected chi connectivity index (χ2v) is 8.56. The molecule has 8 nitrogen and oxygen atoms in total. The third-order valence-electron chi connectivity index (χ3n) is 4.36. The van der Waals surface area contributed by atoms with Gasteiger partial charge in [0.1, 0.15) is 6.54 Å².